The summed E-state index contributed by atoms with van der Waals surface area (Å²) in [6.45, 7) is 0. The predicted octanol–water partition coefficient (Wildman–Crippen LogP) is 4.65. The highest BCUT2D eigenvalue weighted by atomic mass is 35.5. The normalized spacial score (nSPS) is 37.6. The number of alkyl halides is 4. The molecule has 3 aliphatic rings. The average Bonchev–Trinajstić information content (AvgIpc) is 2.99. The van der Waals surface area contributed by atoms with Crippen LogP contribution in [0.25, 0.3) is 0 Å². The number of nitrogens with zero attached hydrogens (tertiary/aromatic N) is 1. The third-order valence-electron chi connectivity index (χ3n) is 5.23. The molecule has 1 heterocycles. The van der Waals surface area contributed by atoms with Gasteiger partial charge in [0.25, 0.3) is 0 Å². The van der Waals surface area contributed by atoms with E-state index in [2.05, 4.69) is 0 Å². The molecule has 0 aromatic heterocycles. The highest BCUT2D eigenvalue weighted by Crippen LogP contribution is 2.77. The van der Waals surface area contributed by atoms with Gasteiger partial charge in [0.15, 0.2) is 4.33 Å². The van der Waals surface area contributed by atoms with Crippen molar-refractivity contribution in [3.05, 3.63) is 34.3 Å². The monoisotopic (exact) mass is 473 g/mol. The molecule has 1 aliphatic heterocycles. The Morgan fingerprint density at radius 1 is 0.923 bits per heavy atom. The molecule has 4 rings (SSSR count). The molecule has 1 aromatic rings. The van der Waals surface area contributed by atoms with Gasteiger partial charge in [-0.05, 0) is 12.1 Å². The Kier molecular flexibility index (Phi) is 4.08. The minimum Gasteiger partial charge on any atom is -0.495 e. The first-order valence-corrected chi connectivity index (χ1v) is 9.66. The SMILES string of the molecule is COc1ccccc1N1C(=O)[C@H]2[C@H](C1=O)[C@]1(Cl)C(Cl)=C(Cl)[C@]2(Cl)C1(Cl)Cl. The van der Waals surface area contributed by atoms with Crippen LogP contribution < -0.4 is 9.64 Å². The van der Waals surface area contributed by atoms with E-state index in [-0.39, 0.29) is 15.8 Å². The maximum Gasteiger partial charge on any atom is 0.240 e. The minimum atomic E-state index is -1.94. The van der Waals surface area contributed by atoms with E-state index in [1.807, 2.05) is 0 Å². The summed E-state index contributed by atoms with van der Waals surface area (Å²) < 4.78 is 3.31. The van der Waals surface area contributed by atoms with Crippen LogP contribution in [0.1, 0.15) is 0 Å². The Morgan fingerprint density at radius 2 is 1.38 bits per heavy atom. The van der Waals surface area contributed by atoms with Crippen molar-refractivity contribution < 1.29 is 14.3 Å². The summed E-state index contributed by atoms with van der Waals surface area (Å²) in [6, 6.07) is 6.57. The predicted molar refractivity (Wildman–Crippen MR) is 103 cm³/mol. The third-order valence-corrected chi connectivity index (χ3v) is 9.49. The number of hydrogen-bond donors (Lipinski definition) is 0. The van der Waals surface area contributed by atoms with E-state index in [9.17, 15) is 9.59 Å². The zero-order chi connectivity index (χ0) is 19.2. The summed E-state index contributed by atoms with van der Waals surface area (Å²) >= 11 is 38.7. The number of fused-ring (bicyclic) bond motifs is 5. The Hall–Kier alpha value is -0.360. The van der Waals surface area contributed by atoms with Gasteiger partial charge in [0.1, 0.15) is 15.5 Å². The fourth-order valence-electron chi connectivity index (χ4n) is 4.05. The first-order chi connectivity index (χ1) is 12.1. The van der Waals surface area contributed by atoms with Crippen LogP contribution in [-0.4, -0.2) is 33.0 Å². The second kappa shape index (κ2) is 5.59. The third kappa shape index (κ3) is 1.77. The Bertz CT molecular complexity index is 856. The van der Waals surface area contributed by atoms with Crippen molar-refractivity contribution in [2.45, 2.75) is 14.1 Å². The van der Waals surface area contributed by atoms with Gasteiger partial charge >= 0.3 is 0 Å². The standard InChI is InChI=1S/C16H9Cl6NO3/c1-26-7-5-3-2-4-6(7)23-12(24)8-9(13(23)25)15(20)11(18)10(17)14(8,19)16(15,21)22/h2-5,8-9H,1H3/t8-,9-,14+,15+/m1/s1. The van der Waals surface area contributed by atoms with Crippen molar-refractivity contribution in [1.82, 2.24) is 0 Å². The van der Waals surface area contributed by atoms with Gasteiger partial charge < -0.3 is 4.74 Å². The lowest BCUT2D eigenvalue weighted by Gasteiger charge is -2.34. The number of carbonyl (C=O) groups excluding carboxylic acids is 2. The van der Waals surface area contributed by atoms with Crippen LogP contribution in [-0.2, 0) is 9.59 Å². The van der Waals surface area contributed by atoms with Crippen LogP contribution in [0.15, 0.2) is 34.3 Å². The summed E-state index contributed by atoms with van der Waals surface area (Å²) in [7, 11) is 1.43. The second-order valence-corrected chi connectivity index (χ2v) is 9.54. The molecule has 0 spiro atoms. The van der Waals surface area contributed by atoms with Gasteiger partial charge in [-0.25, -0.2) is 4.90 Å². The minimum absolute atomic E-state index is 0.120. The first-order valence-electron chi connectivity index (χ1n) is 7.39. The smallest absolute Gasteiger partial charge is 0.240 e. The molecule has 1 saturated heterocycles. The fourth-order valence-corrected chi connectivity index (χ4v) is 6.98. The number of anilines is 1. The highest BCUT2D eigenvalue weighted by Gasteiger charge is 2.87. The van der Waals surface area contributed by atoms with E-state index in [4.69, 9.17) is 74.3 Å². The number of allylic oxidation sites excluding steroid dienone is 2. The number of methoxy groups -OCH3 is 1. The zero-order valence-electron chi connectivity index (χ0n) is 12.9. The number of halogens is 6. The Morgan fingerprint density at radius 3 is 1.85 bits per heavy atom. The number of para-hydroxylation sites is 2. The van der Waals surface area contributed by atoms with Gasteiger partial charge in [0, 0.05) is 0 Å². The molecule has 4 atom stereocenters. The molecule has 0 unspecified atom stereocenters. The number of rotatable bonds is 2. The van der Waals surface area contributed by atoms with Gasteiger partial charge in [0.2, 0.25) is 11.8 Å². The van der Waals surface area contributed by atoms with Crippen LogP contribution >= 0.6 is 69.6 Å². The first kappa shape index (κ1) is 19.0. The average molecular weight is 476 g/mol. The van der Waals surface area contributed by atoms with E-state index >= 15 is 0 Å². The summed E-state index contributed by atoms with van der Waals surface area (Å²) in [6.07, 6.45) is 0. The molecule has 2 bridgehead atoms. The van der Waals surface area contributed by atoms with Gasteiger partial charge in [-0.15, -0.1) is 23.2 Å². The molecule has 1 aromatic carbocycles. The summed E-state index contributed by atoms with van der Waals surface area (Å²) in [5.74, 6) is -3.22. The van der Waals surface area contributed by atoms with Gasteiger partial charge in [-0.1, -0.05) is 58.5 Å². The maximum absolute atomic E-state index is 13.2. The number of amides is 2. The van der Waals surface area contributed by atoms with E-state index in [0.717, 1.165) is 4.90 Å². The lowest BCUT2D eigenvalue weighted by molar-refractivity contribution is -0.123. The highest BCUT2D eigenvalue weighted by molar-refractivity contribution is 6.67. The summed E-state index contributed by atoms with van der Waals surface area (Å²) in [5.41, 5.74) is 0.265. The van der Waals surface area contributed by atoms with Crippen molar-refractivity contribution in [2.24, 2.45) is 11.8 Å². The molecule has 0 N–H and O–H groups in total. The largest absolute Gasteiger partial charge is 0.495 e. The number of ether oxygens (including phenoxy) is 1. The lowest BCUT2D eigenvalue weighted by Crippen LogP contribution is -2.50. The van der Waals surface area contributed by atoms with Gasteiger partial charge in [-0.3, -0.25) is 9.59 Å². The van der Waals surface area contributed by atoms with Crippen molar-refractivity contribution in [2.75, 3.05) is 12.0 Å². The molecule has 4 nitrogen and oxygen atoms in total. The molecular formula is C16H9Cl6NO3. The van der Waals surface area contributed by atoms with Crippen LogP contribution in [0, 0.1) is 11.8 Å². The molecule has 2 fully saturated rings. The van der Waals surface area contributed by atoms with Crippen molar-refractivity contribution in [1.29, 1.82) is 0 Å². The van der Waals surface area contributed by atoms with Crippen molar-refractivity contribution >= 4 is 87.1 Å². The Balaban J connectivity index is 1.93. The summed E-state index contributed by atoms with van der Waals surface area (Å²) in [4.78, 5) is 23.8. The van der Waals surface area contributed by atoms with Crippen molar-refractivity contribution in [3.8, 4) is 5.75 Å². The van der Waals surface area contributed by atoms with Crippen LogP contribution in [0.2, 0.25) is 0 Å². The van der Waals surface area contributed by atoms with E-state index < -0.39 is 37.7 Å². The van der Waals surface area contributed by atoms with Gasteiger partial charge in [0.05, 0.1) is 34.7 Å². The van der Waals surface area contributed by atoms with E-state index in [1.165, 1.54) is 7.11 Å². The van der Waals surface area contributed by atoms with E-state index in [1.54, 1.807) is 24.3 Å². The Labute approximate surface area is 178 Å². The number of hydrogen-bond acceptors (Lipinski definition) is 3. The van der Waals surface area contributed by atoms with Crippen LogP contribution in [0.4, 0.5) is 5.69 Å². The fraction of sp³-hybridized carbons (Fsp3) is 0.375. The quantitative estimate of drug-likeness (QED) is 0.462. The van der Waals surface area contributed by atoms with E-state index in [0.29, 0.717) is 5.75 Å². The molecule has 1 saturated carbocycles. The van der Waals surface area contributed by atoms with Gasteiger partial charge in [-0.2, -0.15) is 0 Å². The lowest BCUT2D eigenvalue weighted by atomic mass is 9.84. The molecule has 26 heavy (non-hydrogen) atoms. The maximum atomic E-state index is 13.2. The second-order valence-electron chi connectivity index (χ2n) is 6.26. The molecule has 2 aliphatic carbocycles. The molecule has 0 radical (unpaired) electrons. The van der Waals surface area contributed by atoms with Crippen molar-refractivity contribution in [3.63, 3.8) is 0 Å². The molecule has 2 amide bonds. The molecular weight excluding hydrogens is 467 g/mol. The summed E-state index contributed by atoms with van der Waals surface area (Å²) in [5, 5.41) is -0.241. The number of imide groups is 1. The number of benzene rings is 1. The molecule has 138 valence electrons. The number of carbonyl (C=O) groups is 2. The molecule has 10 heteroatoms. The zero-order valence-corrected chi connectivity index (χ0v) is 17.4. The van der Waals surface area contributed by atoms with Crippen LogP contribution in [0.3, 0.4) is 0 Å². The topological polar surface area (TPSA) is 46.6 Å². The van der Waals surface area contributed by atoms with Crippen LogP contribution in [0.5, 0.6) is 5.75 Å².